The van der Waals surface area contributed by atoms with Crippen LogP contribution in [0.5, 0.6) is 0 Å². The fraction of sp³-hybridized carbons (Fsp3) is 0.520. The highest BCUT2D eigenvalue weighted by Gasteiger charge is 2.34. The quantitative estimate of drug-likeness (QED) is 0.695. The molecule has 28 heavy (non-hydrogen) atoms. The van der Waals surface area contributed by atoms with Crippen molar-refractivity contribution in [2.75, 3.05) is 32.1 Å². The standard InChI is InChI=1S/C25H36N2O/c1-25(2)18-22(15-17-28-25)24(21-8-6-5-7-9-21)14-16-26-19-20-10-12-23(13-11-20)27(3)4/h5-13,22,24,26H,14-19H2,1-4H3/p+1/t22-,24-/m1/s1. The number of hydrogen-bond donors (Lipinski definition) is 1. The predicted molar refractivity (Wildman–Crippen MR) is 118 cm³/mol. The Morgan fingerprint density at radius 1 is 1.07 bits per heavy atom. The van der Waals surface area contributed by atoms with E-state index >= 15 is 0 Å². The van der Waals surface area contributed by atoms with Gasteiger partial charge in [0.05, 0.1) is 12.1 Å². The first-order chi connectivity index (χ1) is 13.4. The zero-order chi connectivity index (χ0) is 20.0. The molecule has 1 fully saturated rings. The Kier molecular flexibility index (Phi) is 7.14. The molecule has 1 aliphatic rings. The summed E-state index contributed by atoms with van der Waals surface area (Å²) in [6, 6.07) is 20.0. The summed E-state index contributed by atoms with van der Waals surface area (Å²) in [6.07, 6.45) is 3.55. The molecule has 152 valence electrons. The van der Waals surface area contributed by atoms with Gasteiger partial charge in [-0.15, -0.1) is 0 Å². The molecule has 0 unspecified atom stereocenters. The molecule has 0 spiro atoms. The van der Waals surface area contributed by atoms with Crippen molar-refractivity contribution in [3.05, 3.63) is 65.7 Å². The van der Waals surface area contributed by atoms with Crippen LogP contribution in [0.4, 0.5) is 5.69 Å². The Hall–Kier alpha value is -1.84. The van der Waals surface area contributed by atoms with E-state index in [1.807, 2.05) is 0 Å². The van der Waals surface area contributed by atoms with Crippen molar-refractivity contribution in [1.82, 2.24) is 0 Å². The van der Waals surface area contributed by atoms with Crippen LogP contribution in [0.2, 0.25) is 0 Å². The van der Waals surface area contributed by atoms with Gasteiger partial charge >= 0.3 is 0 Å². The van der Waals surface area contributed by atoms with Crippen molar-refractivity contribution >= 4 is 5.69 Å². The summed E-state index contributed by atoms with van der Waals surface area (Å²) in [7, 11) is 4.17. The van der Waals surface area contributed by atoms with Crippen LogP contribution in [0.3, 0.4) is 0 Å². The molecule has 3 rings (SSSR count). The van der Waals surface area contributed by atoms with Gasteiger partial charge < -0.3 is 15.0 Å². The van der Waals surface area contributed by atoms with Gasteiger partial charge in [0.2, 0.25) is 0 Å². The number of nitrogens with two attached hydrogens (primary N) is 1. The average molecular weight is 382 g/mol. The maximum absolute atomic E-state index is 5.98. The lowest BCUT2D eigenvalue weighted by Gasteiger charge is -2.39. The van der Waals surface area contributed by atoms with Crippen molar-refractivity contribution in [1.29, 1.82) is 0 Å². The minimum atomic E-state index is 0.00778. The smallest absolute Gasteiger partial charge is 0.101 e. The summed E-state index contributed by atoms with van der Waals surface area (Å²) in [5.41, 5.74) is 4.16. The van der Waals surface area contributed by atoms with E-state index in [0.29, 0.717) is 11.8 Å². The summed E-state index contributed by atoms with van der Waals surface area (Å²) in [5, 5.41) is 2.46. The Labute approximate surface area is 171 Å². The van der Waals surface area contributed by atoms with E-state index in [-0.39, 0.29) is 5.60 Å². The lowest BCUT2D eigenvalue weighted by molar-refractivity contribution is -0.671. The van der Waals surface area contributed by atoms with Crippen molar-refractivity contribution in [2.45, 2.75) is 51.2 Å². The SMILES string of the molecule is CN(C)c1ccc(C[NH2+]CC[C@H](c2ccccc2)[C@@H]2CCOC(C)(C)C2)cc1. The van der Waals surface area contributed by atoms with Crippen LogP contribution in [0, 0.1) is 5.92 Å². The van der Waals surface area contributed by atoms with Crippen LogP contribution < -0.4 is 10.2 Å². The summed E-state index contributed by atoms with van der Waals surface area (Å²) in [6.45, 7) is 7.58. The first kappa shape index (κ1) is 20.9. The van der Waals surface area contributed by atoms with Crippen LogP contribution >= 0.6 is 0 Å². The van der Waals surface area contributed by atoms with Gasteiger partial charge in [0.25, 0.3) is 0 Å². The van der Waals surface area contributed by atoms with Crippen molar-refractivity contribution in [3.8, 4) is 0 Å². The highest BCUT2D eigenvalue weighted by atomic mass is 16.5. The molecular weight excluding hydrogens is 344 g/mol. The number of hydrogen-bond acceptors (Lipinski definition) is 2. The van der Waals surface area contributed by atoms with Gasteiger partial charge in [-0.05, 0) is 56.2 Å². The first-order valence-corrected chi connectivity index (χ1v) is 10.7. The molecule has 1 heterocycles. The van der Waals surface area contributed by atoms with E-state index in [4.69, 9.17) is 4.74 Å². The summed E-state index contributed by atoms with van der Waals surface area (Å²) in [5.74, 6) is 1.33. The lowest BCUT2D eigenvalue weighted by atomic mass is 9.75. The summed E-state index contributed by atoms with van der Waals surface area (Å²) in [4.78, 5) is 2.15. The molecule has 3 heteroatoms. The molecule has 1 aliphatic heterocycles. The molecule has 2 N–H and O–H groups in total. The third kappa shape index (κ3) is 5.83. The largest absolute Gasteiger partial charge is 0.378 e. The number of ether oxygens (including phenoxy) is 1. The second kappa shape index (κ2) is 9.58. The Morgan fingerprint density at radius 2 is 1.79 bits per heavy atom. The van der Waals surface area contributed by atoms with E-state index in [2.05, 4.69) is 92.8 Å². The number of anilines is 1. The fourth-order valence-electron chi connectivity index (χ4n) is 4.49. The molecule has 0 aliphatic carbocycles. The Bertz CT molecular complexity index is 709. The highest BCUT2D eigenvalue weighted by molar-refractivity contribution is 5.45. The molecule has 0 bridgehead atoms. The van der Waals surface area contributed by atoms with E-state index in [1.165, 1.54) is 29.7 Å². The van der Waals surface area contributed by atoms with Crippen LogP contribution in [0.15, 0.2) is 54.6 Å². The highest BCUT2D eigenvalue weighted by Crippen LogP contribution is 2.39. The summed E-state index contributed by atoms with van der Waals surface area (Å²) >= 11 is 0. The average Bonchev–Trinajstić information content (AvgIpc) is 2.68. The second-order valence-electron chi connectivity index (χ2n) is 9.01. The van der Waals surface area contributed by atoms with Crippen molar-refractivity contribution < 1.29 is 10.1 Å². The maximum Gasteiger partial charge on any atom is 0.101 e. The molecule has 0 radical (unpaired) electrons. The zero-order valence-electron chi connectivity index (χ0n) is 18.0. The van der Waals surface area contributed by atoms with Gasteiger partial charge in [-0.2, -0.15) is 0 Å². The third-order valence-electron chi connectivity index (χ3n) is 6.05. The first-order valence-electron chi connectivity index (χ1n) is 10.7. The number of quaternary nitrogens is 1. The Morgan fingerprint density at radius 3 is 2.43 bits per heavy atom. The Balaban J connectivity index is 1.57. The second-order valence-corrected chi connectivity index (χ2v) is 9.01. The summed E-state index contributed by atoms with van der Waals surface area (Å²) < 4.78 is 5.98. The molecule has 1 saturated heterocycles. The monoisotopic (exact) mass is 381 g/mol. The van der Waals surface area contributed by atoms with Crippen LogP contribution in [0.1, 0.15) is 50.2 Å². The van der Waals surface area contributed by atoms with Crippen LogP contribution in [-0.2, 0) is 11.3 Å². The molecule has 3 nitrogen and oxygen atoms in total. The normalized spacial score (nSPS) is 19.9. The van der Waals surface area contributed by atoms with Gasteiger partial charge in [0.1, 0.15) is 6.54 Å². The van der Waals surface area contributed by atoms with E-state index < -0.39 is 0 Å². The van der Waals surface area contributed by atoms with Gasteiger partial charge in [-0.25, -0.2) is 0 Å². The molecule has 2 aromatic carbocycles. The van der Waals surface area contributed by atoms with Gasteiger partial charge in [-0.3, -0.25) is 0 Å². The fourth-order valence-corrected chi connectivity index (χ4v) is 4.49. The molecule has 2 aromatic rings. The number of rotatable bonds is 8. The molecule has 0 saturated carbocycles. The molecular formula is C25H37N2O+. The topological polar surface area (TPSA) is 29.1 Å². The van der Waals surface area contributed by atoms with Crippen molar-refractivity contribution in [3.63, 3.8) is 0 Å². The van der Waals surface area contributed by atoms with Gasteiger partial charge in [0.15, 0.2) is 0 Å². The molecule has 0 aromatic heterocycles. The van der Waals surface area contributed by atoms with Crippen LogP contribution in [-0.4, -0.2) is 32.8 Å². The van der Waals surface area contributed by atoms with E-state index in [0.717, 1.165) is 26.1 Å². The minimum absolute atomic E-state index is 0.00778. The molecule has 0 amide bonds. The third-order valence-corrected chi connectivity index (χ3v) is 6.05. The van der Waals surface area contributed by atoms with E-state index in [9.17, 15) is 0 Å². The lowest BCUT2D eigenvalue weighted by Crippen LogP contribution is -2.82. The van der Waals surface area contributed by atoms with E-state index in [1.54, 1.807) is 0 Å². The molecule has 2 atom stereocenters. The van der Waals surface area contributed by atoms with Crippen LogP contribution in [0.25, 0.3) is 0 Å². The minimum Gasteiger partial charge on any atom is -0.378 e. The predicted octanol–water partition coefficient (Wildman–Crippen LogP) is 4.20. The zero-order valence-corrected chi connectivity index (χ0v) is 18.0. The van der Waals surface area contributed by atoms with Gasteiger partial charge in [-0.1, -0.05) is 42.5 Å². The number of nitrogens with zero attached hydrogens (tertiary/aromatic N) is 1. The number of benzene rings is 2. The maximum atomic E-state index is 5.98. The van der Waals surface area contributed by atoms with Crippen molar-refractivity contribution in [2.24, 2.45) is 5.92 Å². The van der Waals surface area contributed by atoms with Gasteiger partial charge in [0, 0.05) is 38.4 Å².